The zero-order chi connectivity index (χ0) is 14.0. The maximum atomic E-state index is 11.9. The Hall–Kier alpha value is -2.15. The topological polar surface area (TPSA) is 84.0 Å². The van der Waals surface area contributed by atoms with E-state index in [0.717, 1.165) is 10.6 Å². The Morgan fingerprint density at radius 1 is 1.32 bits per heavy atom. The van der Waals surface area contributed by atoms with Crippen LogP contribution in [0.3, 0.4) is 0 Å². The minimum atomic E-state index is -0.634. The van der Waals surface area contributed by atoms with Gasteiger partial charge in [-0.05, 0) is 28.1 Å². The molecule has 98 valence electrons. The zero-order valence-corrected chi connectivity index (χ0v) is 11.5. The minimum Gasteiger partial charge on any atom is -0.320 e. The normalized spacial score (nSPS) is 10.2. The third-order valence-corrected chi connectivity index (χ3v) is 3.20. The molecule has 0 spiro atoms. The second kappa shape index (κ2) is 5.23. The lowest BCUT2D eigenvalue weighted by molar-refractivity contribution is 0.102. The van der Waals surface area contributed by atoms with Crippen LogP contribution in [-0.2, 0) is 7.05 Å². The first kappa shape index (κ1) is 13.3. The van der Waals surface area contributed by atoms with Gasteiger partial charge in [-0.1, -0.05) is 12.1 Å². The van der Waals surface area contributed by atoms with Crippen LogP contribution in [0.5, 0.6) is 0 Å². The van der Waals surface area contributed by atoms with Crippen LogP contribution < -0.4 is 16.6 Å². The molecule has 1 heterocycles. The third-order valence-electron chi connectivity index (χ3n) is 2.51. The molecule has 7 heteroatoms. The van der Waals surface area contributed by atoms with Gasteiger partial charge in [0.05, 0.1) is 5.69 Å². The Labute approximate surface area is 116 Å². The molecule has 0 bridgehead atoms. The van der Waals surface area contributed by atoms with Crippen molar-refractivity contribution in [3.05, 3.63) is 61.3 Å². The molecule has 19 heavy (non-hydrogen) atoms. The van der Waals surface area contributed by atoms with Gasteiger partial charge in [-0.3, -0.25) is 14.2 Å². The molecule has 2 rings (SSSR count). The summed E-state index contributed by atoms with van der Waals surface area (Å²) < 4.78 is 1.59. The lowest BCUT2D eigenvalue weighted by atomic mass is 10.3. The van der Waals surface area contributed by atoms with Crippen molar-refractivity contribution in [2.24, 2.45) is 7.05 Å². The summed E-state index contributed by atoms with van der Waals surface area (Å²) in [6, 6.07) is 8.10. The highest BCUT2D eigenvalue weighted by molar-refractivity contribution is 9.10. The van der Waals surface area contributed by atoms with Gasteiger partial charge < -0.3 is 10.3 Å². The molecule has 1 amide bonds. The quantitative estimate of drug-likeness (QED) is 0.867. The van der Waals surface area contributed by atoms with Crippen LogP contribution in [0.1, 0.15) is 10.5 Å². The number of para-hydroxylation sites is 1. The number of rotatable bonds is 2. The molecule has 0 fully saturated rings. The second-order valence-electron chi connectivity index (χ2n) is 3.82. The molecule has 6 nitrogen and oxygen atoms in total. The van der Waals surface area contributed by atoms with Gasteiger partial charge >= 0.3 is 5.69 Å². The van der Waals surface area contributed by atoms with E-state index in [2.05, 4.69) is 26.2 Å². The minimum absolute atomic E-state index is 0.0798. The number of nitrogens with zero attached hydrogens (tertiary/aromatic N) is 1. The maximum absolute atomic E-state index is 11.9. The van der Waals surface area contributed by atoms with Gasteiger partial charge in [-0.2, -0.15) is 0 Å². The van der Waals surface area contributed by atoms with E-state index in [-0.39, 0.29) is 5.69 Å². The molecule has 2 aromatic rings. The molecule has 0 aliphatic heterocycles. The second-order valence-corrected chi connectivity index (χ2v) is 4.67. The fraction of sp³-hybridized carbons (Fsp3) is 0.0833. The van der Waals surface area contributed by atoms with E-state index >= 15 is 0 Å². The number of hydrogen-bond donors (Lipinski definition) is 2. The van der Waals surface area contributed by atoms with Crippen LogP contribution in [0.15, 0.2) is 44.4 Å². The van der Waals surface area contributed by atoms with E-state index in [1.807, 2.05) is 0 Å². The predicted octanol–water partition coefficient (Wildman–Crippen LogP) is 1.09. The predicted molar refractivity (Wildman–Crippen MR) is 74.4 cm³/mol. The fourth-order valence-corrected chi connectivity index (χ4v) is 1.81. The first-order chi connectivity index (χ1) is 8.99. The summed E-state index contributed by atoms with van der Waals surface area (Å²) in [4.78, 5) is 37.1. The zero-order valence-electron chi connectivity index (χ0n) is 9.94. The Balaban J connectivity index is 2.34. The van der Waals surface area contributed by atoms with E-state index in [1.165, 1.54) is 7.05 Å². The highest BCUT2D eigenvalue weighted by Crippen LogP contribution is 2.21. The number of amides is 1. The smallest absolute Gasteiger partial charge is 0.320 e. The molecule has 1 aromatic carbocycles. The molecule has 0 aliphatic rings. The fourth-order valence-electron chi connectivity index (χ4n) is 1.43. The first-order valence-electron chi connectivity index (χ1n) is 5.35. The van der Waals surface area contributed by atoms with Crippen molar-refractivity contribution < 1.29 is 4.79 Å². The van der Waals surface area contributed by atoms with Gasteiger partial charge in [0.2, 0.25) is 0 Å². The molecule has 1 aromatic heterocycles. The Morgan fingerprint density at radius 3 is 2.63 bits per heavy atom. The summed E-state index contributed by atoms with van der Waals surface area (Å²) in [7, 11) is 1.33. The van der Waals surface area contributed by atoms with Crippen molar-refractivity contribution in [3.8, 4) is 0 Å². The summed E-state index contributed by atoms with van der Waals surface area (Å²) in [6.07, 6.45) is 0. The molecule has 2 N–H and O–H groups in total. The van der Waals surface area contributed by atoms with Gasteiger partial charge in [0.1, 0.15) is 5.69 Å². The number of nitrogens with one attached hydrogen (secondary N) is 2. The van der Waals surface area contributed by atoms with Gasteiger partial charge in [0.15, 0.2) is 0 Å². The number of benzene rings is 1. The van der Waals surface area contributed by atoms with Crippen LogP contribution in [0, 0.1) is 0 Å². The van der Waals surface area contributed by atoms with Crippen molar-refractivity contribution in [1.82, 2.24) is 9.55 Å². The number of aromatic amines is 1. The molecule has 0 saturated heterocycles. The number of halogens is 1. The number of anilines is 1. The van der Waals surface area contributed by atoms with Gasteiger partial charge in [-0.15, -0.1) is 0 Å². The van der Waals surface area contributed by atoms with Crippen molar-refractivity contribution in [3.63, 3.8) is 0 Å². The highest BCUT2D eigenvalue weighted by Gasteiger charge is 2.11. The molecular formula is C12H10BrN3O3. The Morgan fingerprint density at radius 2 is 2.00 bits per heavy atom. The van der Waals surface area contributed by atoms with Crippen molar-refractivity contribution in [2.45, 2.75) is 0 Å². The van der Waals surface area contributed by atoms with Crippen molar-refractivity contribution in [1.29, 1.82) is 0 Å². The maximum Gasteiger partial charge on any atom is 0.328 e. The largest absolute Gasteiger partial charge is 0.328 e. The van der Waals surface area contributed by atoms with E-state index in [0.29, 0.717) is 10.2 Å². The van der Waals surface area contributed by atoms with Crippen LogP contribution >= 0.6 is 15.9 Å². The summed E-state index contributed by atoms with van der Waals surface area (Å²) in [6.45, 7) is 0. The standard InChI is InChI=1S/C12H10BrN3O3/c1-16-10(17)6-9(15-12(16)19)11(18)14-8-5-3-2-4-7(8)13/h2-6H,1H3,(H,14,18)(H,15,19). The van der Waals surface area contributed by atoms with E-state index in [1.54, 1.807) is 24.3 Å². The van der Waals surface area contributed by atoms with Crippen LogP contribution in [0.4, 0.5) is 5.69 Å². The van der Waals surface area contributed by atoms with E-state index in [4.69, 9.17) is 0 Å². The number of carbonyl (C=O) groups is 1. The molecule has 0 saturated carbocycles. The number of carbonyl (C=O) groups excluding carboxylic acids is 1. The third kappa shape index (κ3) is 2.82. The lowest BCUT2D eigenvalue weighted by Gasteiger charge is -2.07. The number of aromatic nitrogens is 2. The molecule has 0 unspecified atom stereocenters. The first-order valence-corrected chi connectivity index (χ1v) is 6.14. The molecule has 0 radical (unpaired) electrons. The summed E-state index contributed by atoms with van der Waals surface area (Å²) in [5, 5.41) is 2.60. The van der Waals surface area contributed by atoms with Crippen LogP contribution in [0.25, 0.3) is 0 Å². The SMILES string of the molecule is Cn1c(=O)cc(C(=O)Nc2ccccc2Br)[nH]c1=O. The molecule has 0 atom stereocenters. The van der Waals surface area contributed by atoms with E-state index < -0.39 is 17.2 Å². The number of hydrogen-bond acceptors (Lipinski definition) is 3. The monoisotopic (exact) mass is 323 g/mol. The summed E-state index contributed by atoms with van der Waals surface area (Å²) in [5.74, 6) is -0.554. The van der Waals surface area contributed by atoms with E-state index in [9.17, 15) is 14.4 Å². The summed E-state index contributed by atoms with van der Waals surface area (Å²) in [5.41, 5.74) is -0.705. The molecule has 0 aliphatic carbocycles. The van der Waals surface area contributed by atoms with Gasteiger partial charge in [0, 0.05) is 17.6 Å². The van der Waals surface area contributed by atoms with Crippen molar-refractivity contribution >= 4 is 27.5 Å². The van der Waals surface area contributed by atoms with Gasteiger partial charge in [-0.25, -0.2) is 4.79 Å². The highest BCUT2D eigenvalue weighted by atomic mass is 79.9. The van der Waals surface area contributed by atoms with Crippen LogP contribution in [0.2, 0.25) is 0 Å². The number of H-pyrrole nitrogens is 1. The van der Waals surface area contributed by atoms with Crippen LogP contribution in [-0.4, -0.2) is 15.5 Å². The average Bonchev–Trinajstić information content (AvgIpc) is 2.38. The Bertz CT molecular complexity index is 717. The van der Waals surface area contributed by atoms with Gasteiger partial charge in [0.25, 0.3) is 11.5 Å². The molecular weight excluding hydrogens is 314 g/mol. The summed E-state index contributed by atoms with van der Waals surface area (Å²) >= 11 is 3.29. The average molecular weight is 324 g/mol. The Kier molecular flexibility index (Phi) is 3.66. The lowest BCUT2D eigenvalue weighted by Crippen LogP contribution is -2.34. The van der Waals surface area contributed by atoms with Crippen molar-refractivity contribution in [2.75, 3.05) is 5.32 Å².